The maximum absolute atomic E-state index is 7.50. The van der Waals surface area contributed by atoms with Gasteiger partial charge in [-0.1, -0.05) is 26.0 Å². The van der Waals surface area contributed by atoms with E-state index in [4.69, 9.17) is 11.1 Å². The van der Waals surface area contributed by atoms with Crippen LogP contribution in [0.25, 0.3) is 0 Å². The number of likely N-dealkylation sites (tertiary alicyclic amines) is 1. The molecule has 3 nitrogen and oxygen atoms in total. The SMILES string of the molecule is Cc1cc(C(=N)N)ccc1CN1CCCC(C)(C)CC1. The van der Waals surface area contributed by atoms with Crippen molar-refractivity contribution in [1.82, 2.24) is 4.90 Å². The zero-order valence-electron chi connectivity index (χ0n) is 13.0. The lowest BCUT2D eigenvalue weighted by Gasteiger charge is -2.24. The van der Waals surface area contributed by atoms with Crippen molar-refractivity contribution < 1.29 is 0 Å². The molecule has 0 saturated carbocycles. The first kappa shape index (κ1) is 15.0. The van der Waals surface area contributed by atoms with Gasteiger partial charge in [0, 0.05) is 12.1 Å². The lowest BCUT2D eigenvalue weighted by molar-refractivity contribution is 0.255. The Bertz CT molecular complexity index is 491. The molecule has 0 unspecified atom stereocenters. The van der Waals surface area contributed by atoms with E-state index in [1.54, 1.807) is 0 Å². The summed E-state index contributed by atoms with van der Waals surface area (Å²) in [4.78, 5) is 2.56. The third-order valence-corrected chi connectivity index (χ3v) is 4.48. The van der Waals surface area contributed by atoms with E-state index in [9.17, 15) is 0 Å². The maximum Gasteiger partial charge on any atom is 0.122 e. The van der Waals surface area contributed by atoms with Gasteiger partial charge in [-0.25, -0.2) is 0 Å². The monoisotopic (exact) mass is 273 g/mol. The van der Waals surface area contributed by atoms with Gasteiger partial charge in [-0.15, -0.1) is 0 Å². The zero-order valence-corrected chi connectivity index (χ0v) is 13.0. The van der Waals surface area contributed by atoms with E-state index in [-0.39, 0.29) is 5.84 Å². The highest BCUT2D eigenvalue weighted by Gasteiger charge is 2.23. The molecule has 2 rings (SSSR count). The molecule has 1 aromatic carbocycles. The standard InChI is InChI=1S/C17H27N3/c1-13-11-14(16(18)19)5-6-15(13)12-20-9-4-7-17(2,3)8-10-20/h5-6,11H,4,7-10,12H2,1-3H3,(H3,18,19). The van der Waals surface area contributed by atoms with Crippen molar-refractivity contribution in [1.29, 1.82) is 5.41 Å². The lowest BCUT2D eigenvalue weighted by atomic mass is 9.85. The molecule has 3 N–H and O–H groups in total. The third-order valence-electron chi connectivity index (χ3n) is 4.48. The summed E-state index contributed by atoms with van der Waals surface area (Å²) in [6, 6.07) is 6.12. The van der Waals surface area contributed by atoms with E-state index in [1.165, 1.54) is 43.5 Å². The molecule has 0 bridgehead atoms. The number of hydrogen-bond acceptors (Lipinski definition) is 2. The molecule has 0 aliphatic carbocycles. The van der Waals surface area contributed by atoms with Crippen LogP contribution in [0.2, 0.25) is 0 Å². The van der Waals surface area contributed by atoms with Crippen molar-refractivity contribution in [3.05, 3.63) is 34.9 Å². The van der Waals surface area contributed by atoms with Crippen LogP contribution >= 0.6 is 0 Å². The first-order chi connectivity index (χ1) is 9.37. The first-order valence-electron chi connectivity index (χ1n) is 7.54. The average molecular weight is 273 g/mol. The minimum absolute atomic E-state index is 0.149. The van der Waals surface area contributed by atoms with E-state index < -0.39 is 0 Å². The molecule has 0 spiro atoms. The maximum atomic E-state index is 7.50. The van der Waals surface area contributed by atoms with Crippen LogP contribution in [0.4, 0.5) is 0 Å². The van der Waals surface area contributed by atoms with Gasteiger partial charge in [0.25, 0.3) is 0 Å². The van der Waals surface area contributed by atoms with Gasteiger partial charge in [0.1, 0.15) is 5.84 Å². The summed E-state index contributed by atoms with van der Waals surface area (Å²) in [6.07, 6.45) is 3.89. The van der Waals surface area contributed by atoms with Crippen LogP contribution in [0.15, 0.2) is 18.2 Å². The fourth-order valence-electron chi connectivity index (χ4n) is 2.92. The van der Waals surface area contributed by atoms with Crippen LogP contribution in [0.3, 0.4) is 0 Å². The highest BCUT2D eigenvalue weighted by molar-refractivity contribution is 5.95. The van der Waals surface area contributed by atoms with Crippen molar-refractivity contribution >= 4 is 5.84 Å². The number of nitrogen functional groups attached to an aromatic ring is 1. The number of hydrogen-bond donors (Lipinski definition) is 2. The predicted molar refractivity (Wildman–Crippen MR) is 85.1 cm³/mol. The topological polar surface area (TPSA) is 53.1 Å². The second-order valence-corrected chi connectivity index (χ2v) is 6.85. The van der Waals surface area contributed by atoms with E-state index in [2.05, 4.69) is 31.7 Å². The summed E-state index contributed by atoms with van der Waals surface area (Å²) in [6.45, 7) is 10.3. The van der Waals surface area contributed by atoms with Crippen molar-refractivity contribution in [3.8, 4) is 0 Å². The molecule has 1 aromatic rings. The first-order valence-corrected chi connectivity index (χ1v) is 7.54. The van der Waals surface area contributed by atoms with E-state index >= 15 is 0 Å². The summed E-state index contributed by atoms with van der Waals surface area (Å²) in [5.41, 5.74) is 9.44. The summed E-state index contributed by atoms with van der Waals surface area (Å²) in [5.74, 6) is 0.149. The molecule has 3 heteroatoms. The van der Waals surface area contributed by atoms with Crippen molar-refractivity contribution in [2.75, 3.05) is 13.1 Å². The van der Waals surface area contributed by atoms with Gasteiger partial charge in [-0.3, -0.25) is 10.3 Å². The largest absolute Gasteiger partial charge is 0.384 e. The summed E-state index contributed by atoms with van der Waals surface area (Å²) >= 11 is 0. The Morgan fingerprint density at radius 2 is 2.05 bits per heavy atom. The molecule has 0 atom stereocenters. The van der Waals surface area contributed by atoms with Crippen LogP contribution < -0.4 is 5.73 Å². The quantitative estimate of drug-likeness (QED) is 0.656. The van der Waals surface area contributed by atoms with Crippen LogP contribution in [-0.2, 0) is 6.54 Å². The van der Waals surface area contributed by atoms with Gasteiger partial charge in [-0.05, 0) is 61.9 Å². The summed E-state index contributed by atoms with van der Waals surface area (Å²) < 4.78 is 0. The Hall–Kier alpha value is -1.35. The molecule has 110 valence electrons. The molecule has 1 saturated heterocycles. The Morgan fingerprint density at radius 1 is 1.30 bits per heavy atom. The molecule has 20 heavy (non-hydrogen) atoms. The molecular formula is C17H27N3. The number of nitrogens with one attached hydrogen (secondary N) is 1. The zero-order chi connectivity index (χ0) is 14.8. The minimum atomic E-state index is 0.149. The number of nitrogens with zero attached hydrogens (tertiary/aromatic N) is 1. The number of amidine groups is 1. The average Bonchev–Trinajstić information content (AvgIpc) is 2.53. The van der Waals surface area contributed by atoms with E-state index in [0.29, 0.717) is 5.41 Å². The summed E-state index contributed by atoms with van der Waals surface area (Å²) in [7, 11) is 0. The number of benzene rings is 1. The molecule has 0 radical (unpaired) electrons. The number of rotatable bonds is 3. The van der Waals surface area contributed by atoms with E-state index in [0.717, 1.165) is 12.1 Å². The van der Waals surface area contributed by atoms with Crippen LogP contribution in [0.5, 0.6) is 0 Å². The summed E-state index contributed by atoms with van der Waals surface area (Å²) in [5, 5.41) is 7.50. The van der Waals surface area contributed by atoms with E-state index in [1.807, 2.05) is 12.1 Å². The minimum Gasteiger partial charge on any atom is -0.384 e. The molecule has 0 aromatic heterocycles. The lowest BCUT2D eigenvalue weighted by Crippen LogP contribution is -2.25. The number of aryl methyl sites for hydroxylation is 1. The van der Waals surface area contributed by atoms with Crippen LogP contribution in [0, 0.1) is 17.7 Å². The fraction of sp³-hybridized carbons (Fsp3) is 0.588. The van der Waals surface area contributed by atoms with Crippen LogP contribution in [-0.4, -0.2) is 23.8 Å². The Kier molecular flexibility index (Phi) is 4.48. The molecule has 1 fully saturated rings. The van der Waals surface area contributed by atoms with Crippen LogP contribution in [0.1, 0.15) is 49.8 Å². The van der Waals surface area contributed by atoms with Gasteiger partial charge >= 0.3 is 0 Å². The molecule has 1 heterocycles. The molecule has 1 aliphatic heterocycles. The molecular weight excluding hydrogens is 246 g/mol. The Balaban J connectivity index is 2.05. The molecule has 0 amide bonds. The normalized spacial score (nSPS) is 19.6. The number of nitrogens with two attached hydrogens (primary N) is 1. The molecule has 1 aliphatic rings. The van der Waals surface area contributed by atoms with Gasteiger partial charge in [-0.2, -0.15) is 0 Å². The Morgan fingerprint density at radius 3 is 2.70 bits per heavy atom. The van der Waals surface area contributed by atoms with Gasteiger partial charge in [0.2, 0.25) is 0 Å². The second-order valence-electron chi connectivity index (χ2n) is 6.85. The Labute approximate surface area is 122 Å². The highest BCUT2D eigenvalue weighted by atomic mass is 15.1. The second kappa shape index (κ2) is 5.96. The van der Waals surface area contributed by atoms with Gasteiger partial charge in [0.15, 0.2) is 0 Å². The smallest absolute Gasteiger partial charge is 0.122 e. The van der Waals surface area contributed by atoms with Crippen molar-refractivity contribution in [2.45, 2.75) is 46.6 Å². The van der Waals surface area contributed by atoms with Gasteiger partial charge in [0.05, 0.1) is 0 Å². The van der Waals surface area contributed by atoms with Crippen molar-refractivity contribution in [2.24, 2.45) is 11.1 Å². The highest BCUT2D eigenvalue weighted by Crippen LogP contribution is 2.30. The third kappa shape index (κ3) is 3.83. The van der Waals surface area contributed by atoms with Crippen molar-refractivity contribution in [3.63, 3.8) is 0 Å². The van der Waals surface area contributed by atoms with Gasteiger partial charge < -0.3 is 5.73 Å². The fourth-order valence-corrected chi connectivity index (χ4v) is 2.92. The predicted octanol–water partition coefficient (Wildman–Crippen LogP) is 3.29.